The number of hydrogen-bond acceptors (Lipinski definition) is 5. The van der Waals surface area contributed by atoms with Crippen LogP contribution in [-0.2, 0) is 11.8 Å². The fourth-order valence-corrected chi connectivity index (χ4v) is 2.09. The van der Waals surface area contributed by atoms with E-state index in [1.165, 1.54) is 4.68 Å². The third-order valence-electron chi connectivity index (χ3n) is 3.02. The molecule has 8 nitrogen and oxygen atoms in total. The van der Waals surface area contributed by atoms with Crippen LogP contribution < -0.4 is 4.90 Å². The first kappa shape index (κ1) is 15.9. The third-order valence-corrected chi connectivity index (χ3v) is 3.02. The first-order valence-corrected chi connectivity index (χ1v) is 6.47. The van der Waals surface area contributed by atoms with Gasteiger partial charge in [-0.3, -0.25) is 14.9 Å². The van der Waals surface area contributed by atoms with Crippen molar-refractivity contribution in [2.75, 3.05) is 18.0 Å². The Morgan fingerprint density at radius 1 is 1.55 bits per heavy atom. The molecule has 1 rings (SSSR count). The minimum Gasteiger partial charge on any atom is -0.481 e. The molecule has 0 unspecified atom stereocenters. The summed E-state index contributed by atoms with van der Waals surface area (Å²) in [6.45, 7) is 6.20. The Hall–Kier alpha value is -2.12. The molecule has 8 heteroatoms. The monoisotopic (exact) mass is 284 g/mol. The van der Waals surface area contributed by atoms with E-state index in [0.29, 0.717) is 18.1 Å². The van der Waals surface area contributed by atoms with Crippen LogP contribution in [0.1, 0.15) is 38.8 Å². The molecular formula is C12H20N4O4. The van der Waals surface area contributed by atoms with Gasteiger partial charge in [0.15, 0.2) is 0 Å². The average molecular weight is 284 g/mol. The molecule has 0 atom stereocenters. The maximum Gasteiger partial charge on any atom is 0.334 e. The Morgan fingerprint density at radius 3 is 2.55 bits per heavy atom. The molecular weight excluding hydrogens is 264 g/mol. The average Bonchev–Trinajstić information content (AvgIpc) is 2.68. The van der Waals surface area contributed by atoms with Crippen molar-refractivity contribution in [2.45, 2.75) is 33.1 Å². The van der Waals surface area contributed by atoms with Crippen LogP contribution in [0.15, 0.2) is 0 Å². The maximum absolute atomic E-state index is 11.3. The highest BCUT2D eigenvalue weighted by atomic mass is 16.6. The number of aliphatic carboxylic acids is 1. The molecule has 0 saturated heterocycles. The van der Waals surface area contributed by atoms with Gasteiger partial charge in [0.2, 0.25) is 5.82 Å². The smallest absolute Gasteiger partial charge is 0.334 e. The molecule has 112 valence electrons. The summed E-state index contributed by atoms with van der Waals surface area (Å²) < 4.78 is 1.46. The van der Waals surface area contributed by atoms with E-state index in [2.05, 4.69) is 5.10 Å². The molecule has 0 aromatic carbocycles. The number of hydrogen-bond donors (Lipinski definition) is 1. The summed E-state index contributed by atoms with van der Waals surface area (Å²) >= 11 is 0. The molecule has 20 heavy (non-hydrogen) atoms. The van der Waals surface area contributed by atoms with Crippen LogP contribution in [0.3, 0.4) is 0 Å². The van der Waals surface area contributed by atoms with Crippen LogP contribution in [-0.4, -0.2) is 38.9 Å². The molecule has 1 heterocycles. The van der Waals surface area contributed by atoms with E-state index in [4.69, 9.17) is 5.11 Å². The summed E-state index contributed by atoms with van der Waals surface area (Å²) in [6.07, 6.45) is -0.0762. The van der Waals surface area contributed by atoms with Gasteiger partial charge >= 0.3 is 11.7 Å². The van der Waals surface area contributed by atoms with E-state index in [0.717, 1.165) is 0 Å². The Morgan fingerprint density at radius 2 is 2.15 bits per heavy atom. The van der Waals surface area contributed by atoms with Crippen LogP contribution >= 0.6 is 0 Å². The zero-order valence-corrected chi connectivity index (χ0v) is 12.2. The highest BCUT2D eigenvalue weighted by Gasteiger charge is 2.31. The molecule has 0 aliphatic carbocycles. The van der Waals surface area contributed by atoms with Crippen molar-refractivity contribution in [2.24, 2.45) is 7.05 Å². The number of aromatic nitrogens is 2. The predicted octanol–water partition coefficient (Wildman–Crippen LogP) is 1.75. The van der Waals surface area contributed by atoms with Crippen LogP contribution in [0.4, 0.5) is 11.5 Å². The normalized spacial score (nSPS) is 10.8. The van der Waals surface area contributed by atoms with E-state index in [9.17, 15) is 14.9 Å². The third kappa shape index (κ3) is 3.25. The minimum atomic E-state index is -0.933. The van der Waals surface area contributed by atoms with Crippen LogP contribution in [0.2, 0.25) is 0 Å². The van der Waals surface area contributed by atoms with Crippen molar-refractivity contribution in [3.8, 4) is 0 Å². The van der Waals surface area contributed by atoms with Gasteiger partial charge in [0.25, 0.3) is 0 Å². The van der Waals surface area contributed by atoms with Gasteiger partial charge in [-0.05, 0) is 6.92 Å². The van der Waals surface area contributed by atoms with E-state index < -0.39 is 10.9 Å². The van der Waals surface area contributed by atoms with Gasteiger partial charge in [-0.15, -0.1) is 0 Å². The first-order chi connectivity index (χ1) is 9.29. The van der Waals surface area contributed by atoms with Gasteiger partial charge < -0.3 is 10.0 Å². The van der Waals surface area contributed by atoms with Gasteiger partial charge in [0, 0.05) is 26.1 Å². The standard InChI is InChI=1S/C12H20N4O4/c1-5-15(7-6-9(17)18)12-11(16(19)20)10(8(2)3)13-14(12)4/h8H,5-7H2,1-4H3,(H,17,18). The molecule has 0 spiro atoms. The zero-order valence-electron chi connectivity index (χ0n) is 12.2. The van der Waals surface area contributed by atoms with E-state index in [1.54, 1.807) is 11.9 Å². The van der Waals surface area contributed by atoms with Crippen LogP contribution in [0, 0.1) is 10.1 Å². The van der Waals surface area contributed by atoms with Crippen molar-refractivity contribution >= 4 is 17.5 Å². The van der Waals surface area contributed by atoms with E-state index >= 15 is 0 Å². The molecule has 0 radical (unpaired) electrons. The molecule has 0 bridgehead atoms. The SMILES string of the molecule is CCN(CCC(=O)O)c1c([N+](=O)[O-])c(C(C)C)nn1C. The Balaban J connectivity index is 3.26. The largest absolute Gasteiger partial charge is 0.481 e. The highest BCUT2D eigenvalue weighted by molar-refractivity contribution is 5.68. The minimum absolute atomic E-state index is 0.0326. The van der Waals surface area contributed by atoms with Gasteiger partial charge in [-0.25, -0.2) is 4.68 Å². The van der Waals surface area contributed by atoms with Crippen molar-refractivity contribution in [1.82, 2.24) is 9.78 Å². The van der Waals surface area contributed by atoms with Crippen LogP contribution in [0.25, 0.3) is 0 Å². The number of anilines is 1. The second-order valence-electron chi connectivity index (χ2n) is 4.82. The zero-order chi connectivity index (χ0) is 15.4. The fraction of sp³-hybridized carbons (Fsp3) is 0.667. The Bertz CT molecular complexity index is 510. The molecule has 0 fully saturated rings. The van der Waals surface area contributed by atoms with Gasteiger partial charge in [-0.1, -0.05) is 13.8 Å². The summed E-state index contributed by atoms with van der Waals surface area (Å²) in [5.74, 6) is -0.645. The van der Waals surface area contributed by atoms with Crippen LogP contribution in [0.5, 0.6) is 0 Å². The van der Waals surface area contributed by atoms with Crippen molar-refractivity contribution < 1.29 is 14.8 Å². The van der Waals surface area contributed by atoms with Gasteiger partial charge in [0.1, 0.15) is 5.69 Å². The number of carboxylic acid groups (broad SMARTS) is 1. The Labute approximate surface area is 117 Å². The number of carbonyl (C=O) groups is 1. The topological polar surface area (TPSA) is 102 Å². The van der Waals surface area contributed by atoms with Crippen molar-refractivity contribution in [3.05, 3.63) is 15.8 Å². The molecule has 0 amide bonds. The number of rotatable bonds is 7. The molecule has 0 saturated carbocycles. The van der Waals surface area contributed by atoms with Crippen molar-refractivity contribution in [3.63, 3.8) is 0 Å². The summed E-state index contributed by atoms with van der Waals surface area (Å²) in [4.78, 5) is 23.2. The number of aryl methyl sites for hydroxylation is 1. The summed E-state index contributed by atoms with van der Waals surface area (Å²) in [7, 11) is 1.64. The summed E-state index contributed by atoms with van der Waals surface area (Å²) in [6, 6.07) is 0. The molecule has 0 aliphatic heterocycles. The van der Waals surface area contributed by atoms with Gasteiger partial charge in [-0.2, -0.15) is 5.10 Å². The second kappa shape index (κ2) is 6.36. The second-order valence-corrected chi connectivity index (χ2v) is 4.82. The quantitative estimate of drug-likeness (QED) is 0.604. The number of nitrogens with zero attached hydrogens (tertiary/aromatic N) is 4. The van der Waals surface area contributed by atoms with Crippen molar-refractivity contribution in [1.29, 1.82) is 0 Å². The van der Waals surface area contributed by atoms with Gasteiger partial charge in [0.05, 0.1) is 11.3 Å². The van der Waals surface area contributed by atoms with E-state index in [1.807, 2.05) is 20.8 Å². The number of carboxylic acids is 1. The Kier molecular flexibility index (Phi) is 5.06. The lowest BCUT2D eigenvalue weighted by Crippen LogP contribution is -2.28. The van der Waals surface area contributed by atoms with E-state index in [-0.39, 0.29) is 24.6 Å². The lowest BCUT2D eigenvalue weighted by atomic mass is 10.1. The molecule has 0 aliphatic rings. The highest BCUT2D eigenvalue weighted by Crippen LogP contribution is 2.35. The predicted molar refractivity (Wildman–Crippen MR) is 74.1 cm³/mol. The molecule has 1 aromatic rings. The lowest BCUT2D eigenvalue weighted by molar-refractivity contribution is -0.385. The first-order valence-electron chi connectivity index (χ1n) is 6.47. The molecule has 1 aromatic heterocycles. The number of nitro groups is 1. The fourth-order valence-electron chi connectivity index (χ4n) is 2.09. The maximum atomic E-state index is 11.3. The summed E-state index contributed by atoms with van der Waals surface area (Å²) in [5, 5.41) is 24.3. The molecule has 1 N–H and O–H groups in total. The summed E-state index contributed by atoms with van der Waals surface area (Å²) in [5.41, 5.74) is 0.385. The lowest BCUT2D eigenvalue weighted by Gasteiger charge is -2.21.